The molecule has 1 heterocycles. The van der Waals surface area contributed by atoms with Crippen molar-refractivity contribution in [3.05, 3.63) is 63.1 Å². The summed E-state index contributed by atoms with van der Waals surface area (Å²) in [5.41, 5.74) is 2.35. The first kappa shape index (κ1) is 16.8. The minimum atomic E-state index is 0.128. The van der Waals surface area contributed by atoms with Gasteiger partial charge in [0.25, 0.3) is 0 Å². The van der Waals surface area contributed by atoms with Gasteiger partial charge in [-0.25, -0.2) is 0 Å². The van der Waals surface area contributed by atoms with Crippen molar-refractivity contribution in [1.82, 2.24) is 10.2 Å². The molecule has 1 unspecified atom stereocenters. The fraction of sp³-hybridized carbons (Fsp3) is 0.333. The van der Waals surface area contributed by atoms with Crippen LogP contribution in [0.15, 0.2) is 46.9 Å². The lowest BCUT2D eigenvalue weighted by Crippen LogP contribution is -2.45. The van der Waals surface area contributed by atoms with E-state index in [2.05, 4.69) is 44.3 Å². The second-order valence-electron chi connectivity index (χ2n) is 5.63. The van der Waals surface area contributed by atoms with Gasteiger partial charge in [0, 0.05) is 41.2 Å². The van der Waals surface area contributed by atoms with Crippen molar-refractivity contribution >= 4 is 27.5 Å². The number of piperazine rings is 1. The summed E-state index contributed by atoms with van der Waals surface area (Å²) < 4.78 is 6.68. The molecular formula is C18H20BrClN2O. The zero-order chi connectivity index (χ0) is 16.2. The summed E-state index contributed by atoms with van der Waals surface area (Å²) in [7, 11) is 1.72. The molecule has 2 aromatic rings. The summed E-state index contributed by atoms with van der Waals surface area (Å²) in [4.78, 5) is 2.48. The standard InChI is InChI=1S/C18H20BrClN2O/c1-23-17-6-5-14(19)12-16(17)18(22-9-7-21-8-10-22)13-3-2-4-15(20)11-13/h2-6,11-12,18,21H,7-10H2,1H3. The van der Waals surface area contributed by atoms with Crippen molar-refractivity contribution < 1.29 is 4.74 Å². The molecule has 0 aliphatic carbocycles. The normalized spacial score (nSPS) is 17.0. The number of ether oxygens (including phenoxy) is 1. The average molecular weight is 396 g/mol. The van der Waals surface area contributed by atoms with Gasteiger partial charge >= 0.3 is 0 Å². The van der Waals surface area contributed by atoms with E-state index in [-0.39, 0.29) is 6.04 Å². The molecule has 0 aromatic heterocycles. The van der Waals surface area contributed by atoms with Gasteiger partial charge in [0.1, 0.15) is 5.75 Å². The summed E-state index contributed by atoms with van der Waals surface area (Å²) in [5, 5.41) is 4.18. The first-order valence-electron chi connectivity index (χ1n) is 7.72. The van der Waals surface area contributed by atoms with Crippen LogP contribution < -0.4 is 10.1 Å². The first-order valence-corrected chi connectivity index (χ1v) is 8.90. The number of methoxy groups -OCH3 is 1. The van der Waals surface area contributed by atoms with Gasteiger partial charge in [-0.15, -0.1) is 0 Å². The van der Waals surface area contributed by atoms with Crippen LogP contribution in [-0.4, -0.2) is 38.2 Å². The van der Waals surface area contributed by atoms with Crippen LogP contribution in [0.5, 0.6) is 5.75 Å². The molecule has 1 saturated heterocycles. The van der Waals surface area contributed by atoms with Crippen LogP contribution in [0.4, 0.5) is 0 Å². The molecule has 0 amide bonds. The van der Waals surface area contributed by atoms with E-state index in [1.807, 2.05) is 24.3 Å². The Morgan fingerprint density at radius 3 is 2.65 bits per heavy atom. The van der Waals surface area contributed by atoms with Crippen molar-refractivity contribution in [1.29, 1.82) is 0 Å². The van der Waals surface area contributed by atoms with Crippen LogP contribution in [0, 0.1) is 0 Å². The predicted octanol–water partition coefficient (Wildman–Crippen LogP) is 4.11. The van der Waals surface area contributed by atoms with E-state index < -0.39 is 0 Å². The highest BCUT2D eigenvalue weighted by Crippen LogP contribution is 2.37. The Bertz CT molecular complexity index is 674. The van der Waals surface area contributed by atoms with E-state index in [1.165, 1.54) is 5.56 Å². The van der Waals surface area contributed by atoms with Gasteiger partial charge in [-0.3, -0.25) is 4.90 Å². The molecule has 3 rings (SSSR count). The lowest BCUT2D eigenvalue weighted by molar-refractivity contribution is 0.195. The summed E-state index contributed by atoms with van der Waals surface area (Å²) in [5.74, 6) is 0.900. The Hall–Kier alpha value is -1.07. The Balaban J connectivity index is 2.09. The second kappa shape index (κ2) is 7.67. The molecule has 1 N–H and O–H groups in total. The number of nitrogens with one attached hydrogen (secondary N) is 1. The molecule has 0 radical (unpaired) electrons. The third kappa shape index (κ3) is 3.89. The topological polar surface area (TPSA) is 24.5 Å². The highest BCUT2D eigenvalue weighted by Gasteiger charge is 2.26. The Kier molecular flexibility index (Phi) is 5.59. The number of benzene rings is 2. The lowest BCUT2D eigenvalue weighted by Gasteiger charge is -2.36. The minimum absolute atomic E-state index is 0.128. The van der Waals surface area contributed by atoms with E-state index in [1.54, 1.807) is 7.11 Å². The zero-order valence-electron chi connectivity index (χ0n) is 13.1. The van der Waals surface area contributed by atoms with Gasteiger partial charge in [0.05, 0.1) is 13.2 Å². The number of halogens is 2. The van der Waals surface area contributed by atoms with E-state index >= 15 is 0 Å². The quantitative estimate of drug-likeness (QED) is 0.843. The van der Waals surface area contributed by atoms with Crippen LogP contribution in [0.2, 0.25) is 5.02 Å². The molecule has 5 heteroatoms. The largest absolute Gasteiger partial charge is 0.496 e. The second-order valence-corrected chi connectivity index (χ2v) is 6.98. The van der Waals surface area contributed by atoms with Gasteiger partial charge in [0.15, 0.2) is 0 Å². The van der Waals surface area contributed by atoms with E-state index in [4.69, 9.17) is 16.3 Å². The lowest BCUT2D eigenvalue weighted by atomic mass is 9.95. The van der Waals surface area contributed by atoms with Gasteiger partial charge in [-0.2, -0.15) is 0 Å². The predicted molar refractivity (Wildman–Crippen MR) is 98.4 cm³/mol. The summed E-state index contributed by atoms with van der Waals surface area (Å²) in [6.07, 6.45) is 0. The van der Waals surface area contributed by atoms with Crippen LogP contribution in [-0.2, 0) is 0 Å². The molecule has 1 atom stereocenters. The SMILES string of the molecule is COc1ccc(Br)cc1C(c1cccc(Cl)c1)N1CCNCC1. The van der Waals surface area contributed by atoms with Crippen molar-refractivity contribution in [2.24, 2.45) is 0 Å². The van der Waals surface area contributed by atoms with Crippen LogP contribution >= 0.6 is 27.5 Å². The molecule has 1 aliphatic rings. The molecule has 0 bridgehead atoms. The van der Waals surface area contributed by atoms with Crippen molar-refractivity contribution in [2.45, 2.75) is 6.04 Å². The molecule has 0 spiro atoms. The van der Waals surface area contributed by atoms with Crippen LogP contribution in [0.3, 0.4) is 0 Å². The fourth-order valence-electron chi connectivity index (χ4n) is 3.12. The van der Waals surface area contributed by atoms with Crippen LogP contribution in [0.1, 0.15) is 17.2 Å². The summed E-state index contributed by atoms with van der Waals surface area (Å²) >= 11 is 9.84. The van der Waals surface area contributed by atoms with Gasteiger partial charge < -0.3 is 10.1 Å². The highest BCUT2D eigenvalue weighted by molar-refractivity contribution is 9.10. The average Bonchev–Trinajstić information content (AvgIpc) is 2.56. The summed E-state index contributed by atoms with van der Waals surface area (Å²) in [6, 6.07) is 14.4. The monoisotopic (exact) mass is 394 g/mol. The molecule has 122 valence electrons. The molecular weight excluding hydrogens is 376 g/mol. The maximum atomic E-state index is 6.25. The molecule has 3 nitrogen and oxygen atoms in total. The maximum absolute atomic E-state index is 6.25. The Morgan fingerprint density at radius 1 is 1.17 bits per heavy atom. The van der Waals surface area contributed by atoms with Gasteiger partial charge in [0.2, 0.25) is 0 Å². The Morgan fingerprint density at radius 2 is 1.96 bits per heavy atom. The molecule has 23 heavy (non-hydrogen) atoms. The van der Waals surface area contributed by atoms with E-state index in [0.717, 1.165) is 47.0 Å². The van der Waals surface area contributed by atoms with E-state index in [0.29, 0.717) is 0 Å². The van der Waals surface area contributed by atoms with Crippen molar-refractivity contribution in [3.63, 3.8) is 0 Å². The van der Waals surface area contributed by atoms with Crippen molar-refractivity contribution in [3.8, 4) is 5.75 Å². The minimum Gasteiger partial charge on any atom is -0.496 e. The third-order valence-electron chi connectivity index (χ3n) is 4.17. The number of rotatable bonds is 4. The van der Waals surface area contributed by atoms with Gasteiger partial charge in [-0.1, -0.05) is 39.7 Å². The van der Waals surface area contributed by atoms with E-state index in [9.17, 15) is 0 Å². The van der Waals surface area contributed by atoms with Crippen molar-refractivity contribution in [2.75, 3.05) is 33.3 Å². The molecule has 2 aromatic carbocycles. The van der Waals surface area contributed by atoms with Crippen LogP contribution in [0.25, 0.3) is 0 Å². The molecule has 1 aliphatic heterocycles. The zero-order valence-corrected chi connectivity index (χ0v) is 15.4. The Labute approximate surface area is 150 Å². The smallest absolute Gasteiger partial charge is 0.124 e. The number of hydrogen-bond acceptors (Lipinski definition) is 3. The first-order chi connectivity index (χ1) is 11.2. The molecule has 1 fully saturated rings. The van der Waals surface area contributed by atoms with Gasteiger partial charge in [-0.05, 0) is 35.9 Å². The highest BCUT2D eigenvalue weighted by atomic mass is 79.9. The third-order valence-corrected chi connectivity index (χ3v) is 4.90. The number of nitrogens with zero attached hydrogens (tertiary/aromatic N) is 1. The molecule has 0 saturated carbocycles. The fourth-order valence-corrected chi connectivity index (χ4v) is 3.70. The number of hydrogen-bond donors (Lipinski definition) is 1. The summed E-state index contributed by atoms with van der Waals surface area (Å²) in [6.45, 7) is 3.97. The maximum Gasteiger partial charge on any atom is 0.124 e.